The number of amides is 1. The van der Waals surface area contributed by atoms with Gasteiger partial charge in [-0.1, -0.05) is 0 Å². The molecule has 10 heteroatoms. The lowest BCUT2D eigenvalue weighted by Gasteiger charge is -2.18. The van der Waals surface area contributed by atoms with Gasteiger partial charge in [0.15, 0.2) is 5.65 Å². The molecule has 0 aliphatic carbocycles. The summed E-state index contributed by atoms with van der Waals surface area (Å²) in [5.41, 5.74) is 1.49. The minimum atomic E-state index is -3.94. The first kappa shape index (κ1) is 17.3. The van der Waals surface area contributed by atoms with Crippen LogP contribution in [0.4, 0.5) is 11.4 Å². The number of fused-ring (bicyclic) bond motifs is 1. The molecule has 0 spiro atoms. The van der Waals surface area contributed by atoms with Crippen LogP contribution in [0.15, 0.2) is 47.8 Å². The third kappa shape index (κ3) is 3.19. The first-order valence-electron chi connectivity index (χ1n) is 8.28. The van der Waals surface area contributed by atoms with Gasteiger partial charge >= 0.3 is 0 Å². The second-order valence-electron chi connectivity index (χ2n) is 6.10. The van der Waals surface area contributed by atoms with E-state index in [9.17, 15) is 13.2 Å². The Bertz CT molecular complexity index is 1130. The maximum atomic E-state index is 13.0. The molecule has 0 saturated carbocycles. The van der Waals surface area contributed by atoms with Crippen LogP contribution in [0.2, 0.25) is 0 Å². The first-order valence-corrected chi connectivity index (χ1v) is 9.77. The molecule has 0 bridgehead atoms. The Morgan fingerprint density at radius 3 is 2.81 bits per heavy atom. The number of pyridine rings is 1. The zero-order chi connectivity index (χ0) is 19.0. The molecular weight excluding hydrogens is 370 g/mol. The molecule has 1 aromatic carbocycles. The lowest BCUT2D eigenvalue weighted by molar-refractivity contribution is -0.117. The Balaban J connectivity index is 1.71. The molecule has 1 saturated heterocycles. The average Bonchev–Trinajstić information content (AvgIpc) is 3.29. The van der Waals surface area contributed by atoms with Crippen molar-refractivity contribution in [1.82, 2.24) is 14.6 Å². The lowest BCUT2D eigenvalue weighted by atomic mass is 10.3. The summed E-state index contributed by atoms with van der Waals surface area (Å²) < 4.78 is 35.3. The van der Waals surface area contributed by atoms with Crippen molar-refractivity contribution in [3.05, 3.63) is 42.9 Å². The second kappa shape index (κ2) is 6.54. The maximum absolute atomic E-state index is 13.0. The highest BCUT2D eigenvalue weighted by molar-refractivity contribution is 7.92. The summed E-state index contributed by atoms with van der Waals surface area (Å²) >= 11 is 0. The summed E-state index contributed by atoms with van der Waals surface area (Å²) in [7, 11) is -2.54. The van der Waals surface area contributed by atoms with E-state index in [1.165, 1.54) is 19.5 Å². The predicted octanol–water partition coefficient (Wildman–Crippen LogP) is 1.67. The number of carbonyl (C=O) groups excluding carboxylic acids is 1. The van der Waals surface area contributed by atoms with E-state index in [0.29, 0.717) is 30.0 Å². The Hall–Kier alpha value is -3.14. The summed E-state index contributed by atoms with van der Waals surface area (Å²) in [4.78, 5) is 13.5. The third-order valence-electron chi connectivity index (χ3n) is 4.36. The smallest absolute Gasteiger partial charge is 0.265 e. The van der Waals surface area contributed by atoms with Gasteiger partial charge in [-0.2, -0.15) is 0 Å². The lowest BCUT2D eigenvalue weighted by Crippen LogP contribution is -2.24. The molecule has 3 heterocycles. The number of benzene rings is 1. The van der Waals surface area contributed by atoms with Crippen molar-refractivity contribution in [3.63, 3.8) is 0 Å². The summed E-state index contributed by atoms with van der Waals surface area (Å²) in [5, 5.41) is 7.65. The van der Waals surface area contributed by atoms with Crippen molar-refractivity contribution in [3.8, 4) is 5.75 Å². The molecule has 2 aromatic heterocycles. The number of methoxy groups -OCH3 is 1. The minimum Gasteiger partial charge on any atom is -0.495 e. The molecule has 1 amide bonds. The number of ether oxygens (including phenoxy) is 1. The number of hydrogen-bond donors (Lipinski definition) is 1. The van der Waals surface area contributed by atoms with Crippen LogP contribution < -0.4 is 14.4 Å². The summed E-state index contributed by atoms with van der Waals surface area (Å²) in [6.45, 7) is 0.572. The molecule has 0 unspecified atom stereocenters. The van der Waals surface area contributed by atoms with E-state index in [-0.39, 0.29) is 16.6 Å². The van der Waals surface area contributed by atoms with E-state index in [0.717, 1.165) is 6.42 Å². The highest BCUT2D eigenvalue weighted by atomic mass is 32.2. The van der Waals surface area contributed by atoms with E-state index in [1.807, 2.05) is 0 Å². The van der Waals surface area contributed by atoms with Gasteiger partial charge in [0.1, 0.15) is 17.0 Å². The number of carbonyl (C=O) groups is 1. The zero-order valence-electron chi connectivity index (χ0n) is 14.5. The fraction of sp³-hybridized carbons (Fsp3) is 0.235. The van der Waals surface area contributed by atoms with E-state index in [4.69, 9.17) is 4.74 Å². The number of hydrogen-bond acceptors (Lipinski definition) is 6. The van der Waals surface area contributed by atoms with Crippen LogP contribution in [-0.4, -0.2) is 42.6 Å². The molecule has 9 nitrogen and oxygen atoms in total. The van der Waals surface area contributed by atoms with Gasteiger partial charge in [-0.05, 0) is 36.8 Å². The number of aromatic nitrogens is 3. The quantitative estimate of drug-likeness (QED) is 0.714. The molecule has 140 valence electrons. The molecule has 1 N–H and O–H groups in total. The van der Waals surface area contributed by atoms with Crippen molar-refractivity contribution in [2.75, 3.05) is 23.3 Å². The van der Waals surface area contributed by atoms with E-state index in [2.05, 4.69) is 14.9 Å². The van der Waals surface area contributed by atoms with E-state index in [1.54, 1.807) is 39.8 Å². The van der Waals surface area contributed by atoms with Crippen molar-refractivity contribution in [2.24, 2.45) is 0 Å². The van der Waals surface area contributed by atoms with Gasteiger partial charge < -0.3 is 9.64 Å². The number of nitrogens with zero attached hydrogens (tertiary/aromatic N) is 4. The number of sulfonamides is 1. The highest BCUT2D eigenvalue weighted by Gasteiger charge is 2.26. The molecule has 0 atom stereocenters. The molecule has 3 aromatic rings. The van der Waals surface area contributed by atoms with E-state index >= 15 is 0 Å². The van der Waals surface area contributed by atoms with Crippen LogP contribution in [0.5, 0.6) is 5.75 Å². The minimum absolute atomic E-state index is 0.0190. The number of anilines is 2. The van der Waals surface area contributed by atoms with Gasteiger partial charge in [0.2, 0.25) is 5.91 Å². The van der Waals surface area contributed by atoms with Crippen LogP contribution in [-0.2, 0) is 14.8 Å². The number of nitrogens with one attached hydrogen (secondary N) is 1. The van der Waals surface area contributed by atoms with Gasteiger partial charge in [-0.15, -0.1) is 10.2 Å². The van der Waals surface area contributed by atoms with E-state index < -0.39 is 10.0 Å². The fourth-order valence-electron chi connectivity index (χ4n) is 3.06. The average molecular weight is 387 g/mol. The summed E-state index contributed by atoms with van der Waals surface area (Å²) in [6.07, 6.45) is 4.27. The Labute approximate surface area is 155 Å². The van der Waals surface area contributed by atoms with Crippen molar-refractivity contribution >= 4 is 33.0 Å². The fourth-order valence-corrected chi connectivity index (χ4v) is 4.30. The topological polar surface area (TPSA) is 106 Å². The number of rotatable bonds is 5. The molecule has 27 heavy (non-hydrogen) atoms. The first-order chi connectivity index (χ1) is 13.0. The standard InChI is InChI=1S/C17H17N5O4S/c1-26-14-6-5-13(22-8-2-3-17(22)23)9-15(14)27(24,25)20-12-4-7-16-19-18-11-21(16)10-12/h4-7,9-11,20H,2-3,8H2,1H3. The molecule has 4 rings (SSSR count). The van der Waals surface area contributed by atoms with Gasteiger partial charge in [0.05, 0.1) is 12.8 Å². The van der Waals surface area contributed by atoms with Crippen molar-refractivity contribution in [1.29, 1.82) is 0 Å². The van der Waals surface area contributed by atoms with Gasteiger partial charge in [-0.25, -0.2) is 8.42 Å². The van der Waals surface area contributed by atoms with Crippen LogP contribution in [0.1, 0.15) is 12.8 Å². The Morgan fingerprint density at radius 1 is 1.22 bits per heavy atom. The zero-order valence-corrected chi connectivity index (χ0v) is 15.3. The SMILES string of the molecule is COc1ccc(N2CCCC2=O)cc1S(=O)(=O)Nc1ccc2nncn2c1. The molecule has 1 fully saturated rings. The largest absolute Gasteiger partial charge is 0.495 e. The monoisotopic (exact) mass is 387 g/mol. The third-order valence-corrected chi connectivity index (χ3v) is 5.77. The van der Waals surface area contributed by atoms with Crippen LogP contribution in [0.3, 0.4) is 0 Å². The summed E-state index contributed by atoms with van der Waals surface area (Å²) in [5.74, 6) is 0.179. The van der Waals surface area contributed by atoms with Gasteiger partial charge in [0.25, 0.3) is 10.0 Å². The molecular formula is C17H17N5O4S. The van der Waals surface area contributed by atoms with Crippen LogP contribution in [0, 0.1) is 0 Å². The summed E-state index contributed by atoms with van der Waals surface area (Å²) in [6, 6.07) is 7.95. The molecule has 0 radical (unpaired) electrons. The Kier molecular flexibility index (Phi) is 4.19. The van der Waals surface area contributed by atoms with Gasteiger partial charge in [0, 0.05) is 24.8 Å². The second-order valence-corrected chi connectivity index (χ2v) is 7.75. The molecule has 1 aliphatic rings. The van der Waals surface area contributed by atoms with Gasteiger partial charge in [-0.3, -0.25) is 13.9 Å². The maximum Gasteiger partial charge on any atom is 0.265 e. The highest BCUT2D eigenvalue weighted by Crippen LogP contribution is 2.32. The predicted molar refractivity (Wildman–Crippen MR) is 98.4 cm³/mol. The van der Waals surface area contributed by atoms with Crippen molar-refractivity contribution in [2.45, 2.75) is 17.7 Å². The van der Waals surface area contributed by atoms with Crippen LogP contribution >= 0.6 is 0 Å². The van der Waals surface area contributed by atoms with Crippen molar-refractivity contribution < 1.29 is 17.9 Å². The molecule has 1 aliphatic heterocycles. The normalized spacial score (nSPS) is 14.7. The van der Waals surface area contributed by atoms with Crippen LogP contribution in [0.25, 0.3) is 5.65 Å². The Morgan fingerprint density at radius 2 is 2.07 bits per heavy atom.